The molecule has 0 spiro atoms. The summed E-state index contributed by atoms with van der Waals surface area (Å²) in [6, 6.07) is 4.21. The molecule has 0 amide bonds. The van der Waals surface area contributed by atoms with Crippen LogP contribution < -0.4 is 4.74 Å². The molecule has 0 radical (unpaired) electrons. The number of Topliss-reactive ketones (excluding diaryl/α,β-unsaturated/α-hetero) is 1. The van der Waals surface area contributed by atoms with Gasteiger partial charge < -0.3 is 30.3 Å². The first kappa shape index (κ1) is 27.9. The third kappa shape index (κ3) is 6.35. The summed E-state index contributed by atoms with van der Waals surface area (Å²) in [7, 11) is 0. The summed E-state index contributed by atoms with van der Waals surface area (Å²) in [6.07, 6.45) is 4.20. The van der Waals surface area contributed by atoms with Crippen LogP contribution in [0.2, 0.25) is 0 Å². The monoisotopic (exact) mass is 508 g/mol. The third-order valence-corrected chi connectivity index (χ3v) is 6.62. The van der Waals surface area contributed by atoms with E-state index in [1.165, 1.54) is 17.7 Å². The van der Waals surface area contributed by atoms with Gasteiger partial charge in [0.15, 0.2) is 17.3 Å². The number of phenolic OH excluding ortho intramolecular Hbond substituents is 4. The van der Waals surface area contributed by atoms with Crippen LogP contribution in [-0.4, -0.2) is 37.4 Å². The molecule has 2 aromatic carbocycles. The number of ether oxygens (including phenoxy) is 1. The molecule has 0 saturated heterocycles. The van der Waals surface area contributed by atoms with Gasteiger partial charge in [-0.2, -0.15) is 0 Å². The highest BCUT2D eigenvalue weighted by Gasteiger charge is 2.34. The van der Waals surface area contributed by atoms with Crippen LogP contribution in [-0.2, 0) is 12.8 Å². The number of carbonyl (C=O) groups is 1. The highest BCUT2D eigenvalue weighted by atomic mass is 16.5. The second-order valence-electron chi connectivity index (χ2n) is 9.97. The van der Waals surface area contributed by atoms with Gasteiger partial charge in [0.05, 0.1) is 12.5 Å². The Kier molecular flexibility index (Phi) is 8.71. The Morgan fingerprint density at radius 1 is 1.05 bits per heavy atom. The Morgan fingerprint density at radius 2 is 1.76 bits per heavy atom. The number of carbonyl (C=O) groups excluding carboxylic acids is 1. The molecule has 1 heterocycles. The summed E-state index contributed by atoms with van der Waals surface area (Å²) in [6.45, 7) is 11.4. The van der Waals surface area contributed by atoms with Crippen LogP contribution in [0.15, 0.2) is 53.6 Å². The number of aliphatic hydroxyl groups excluding tert-OH is 1. The predicted molar refractivity (Wildman–Crippen MR) is 143 cm³/mol. The molecule has 0 bridgehead atoms. The van der Waals surface area contributed by atoms with E-state index in [-0.39, 0.29) is 47.0 Å². The molecular formula is C30H36O7. The van der Waals surface area contributed by atoms with Gasteiger partial charge in [0.1, 0.15) is 28.9 Å². The van der Waals surface area contributed by atoms with Gasteiger partial charge in [-0.1, -0.05) is 41.5 Å². The normalized spacial score (nSPS) is 16.1. The minimum absolute atomic E-state index is 0.0109. The van der Waals surface area contributed by atoms with Gasteiger partial charge in [-0.3, -0.25) is 4.79 Å². The molecule has 0 aromatic heterocycles. The standard InChI is InChI=1S/C30H36O7/c1-16(2)7-6-8-18(5)9-10-20-19(11-12-22(31)29(20)35)26-15-25(34)28-27(37-26)14-24(33)21(30(28)36)13-23(32)17(3)4/h7,9,11-12,14,23,26,31-33,35-36H,3,6,8,10,13,15H2,1-2,4-5H3/b18-9+/t23-,26+/m1/s1. The van der Waals surface area contributed by atoms with Gasteiger partial charge in [-0.05, 0) is 53.0 Å². The van der Waals surface area contributed by atoms with Crippen LogP contribution in [0.1, 0.15) is 80.1 Å². The van der Waals surface area contributed by atoms with E-state index in [1.54, 1.807) is 13.0 Å². The van der Waals surface area contributed by atoms with Crippen LogP contribution in [0, 0.1) is 0 Å². The van der Waals surface area contributed by atoms with E-state index in [9.17, 15) is 30.3 Å². The van der Waals surface area contributed by atoms with Crippen molar-refractivity contribution in [1.29, 1.82) is 0 Å². The fourth-order valence-electron chi connectivity index (χ4n) is 4.37. The molecule has 7 heteroatoms. The number of benzene rings is 2. The molecule has 7 nitrogen and oxygen atoms in total. The average molecular weight is 509 g/mol. The number of aliphatic hydroxyl groups is 1. The number of hydrogen-bond donors (Lipinski definition) is 5. The van der Waals surface area contributed by atoms with Gasteiger partial charge >= 0.3 is 0 Å². The molecule has 37 heavy (non-hydrogen) atoms. The smallest absolute Gasteiger partial charge is 0.174 e. The predicted octanol–water partition coefficient (Wildman–Crippen LogP) is 5.93. The maximum Gasteiger partial charge on any atom is 0.174 e. The summed E-state index contributed by atoms with van der Waals surface area (Å²) >= 11 is 0. The molecular weight excluding hydrogens is 472 g/mol. The maximum atomic E-state index is 13.1. The van der Waals surface area contributed by atoms with Crippen LogP contribution in [0.5, 0.6) is 28.7 Å². The Balaban J connectivity index is 1.94. The van der Waals surface area contributed by atoms with Crippen LogP contribution in [0.25, 0.3) is 0 Å². The number of ketones is 1. The molecule has 0 unspecified atom stereocenters. The topological polar surface area (TPSA) is 127 Å². The lowest BCUT2D eigenvalue weighted by atomic mass is 9.89. The van der Waals surface area contributed by atoms with Gasteiger partial charge in [0.2, 0.25) is 0 Å². The molecule has 2 aromatic rings. The van der Waals surface area contributed by atoms with Crippen molar-refractivity contribution in [3.63, 3.8) is 0 Å². The molecule has 198 valence electrons. The van der Waals surface area contributed by atoms with Crippen molar-refractivity contribution in [2.24, 2.45) is 0 Å². The fourth-order valence-corrected chi connectivity index (χ4v) is 4.37. The molecule has 0 saturated carbocycles. The van der Waals surface area contributed by atoms with E-state index >= 15 is 0 Å². The zero-order valence-electron chi connectivity index (χ0n) is 21.8. The van der Waals surface area contributed by atoms with Gasteiger partial charge in [0.25, 0.3) is 0 Å². The first-order valence-corrected chi connectivity index (χ1v) is 12.3. The van der Waals surface area contributed by atoms with Crippen molar-refractivity contribution in [1.82, 2.24) is 0 Å². The number of hydrogen-bond acceptors (Lipinski definition) is 7. The van der Waals surface area contributed by atoms with Crippen molar-refractivity contribution in [3.8, 4) is 28.7 Å². The van der Waals surface area contributed by atoms with Gasteiger partial charge in [0, 0.05) is 29.2 Å². The fraction of sp³-hybridized carbons (Fsp3) is 0.367. The maximum absolute atomic E-state index is 13.1. The van der Waals surface area contributed by atoms with E-state index < -0.39 is 23.7 Å². The van der Waals surface area contributed by atoms with Crippen LogP contribution in [0.4, 0.5) is 0 Å². The van der Waals surface area contributed by atoms with Crippen molar-refractivity contribution in [2.45, 2.75) is 72.0 Å². The van der Waals surface area contributed by atoms with Crippen molar-refractivity contribution in [2.75, 3.05) is 0 Å². The van der Waals surface area contributed by atoms with Crippen molar-refractivity contribution >= 4 is 5.78 Å². The molecule has 3 rings (SSSR count). The van der Waals surface area contributed by atoms with Crippen LogP contribution >= 0.6 is 0 Å². The molecule has 1 aliphatic rings. The second kappa shape index (κ2) is 11.6. The van der Waals surface area contributed by atoms with E-state index in [2.05, 4.69) is 12.7 Å². The van der Waals surface area contributed by atoms with Gasteiger partial charge in [-0.15, -0.1) is 0 Å². The summed E-state index contributed by atoms with van der Waals surface area (Å²) in [5.74, 6) is -1.68. The molecule has 5 N–H and O–H groups in total. The van der Waals surface area contributed by atoms with Crippen molar-refractivity contribution < 1.29 is 35.1 Å². The highest BCUT2D eigenvalue weighted by molar-refractivity contribution is 6.03. The van der Waals surface area contributed by atoms with Crippen LogP contribution in [0.3, 0.4) is 0 Å². The Bertz CT molecular complexity index is 1270. The number of fused-ring (bicyclic) bond motifs is 1. The number of aromatic hydroxyl groups is 4. The van der Waals surface area contributed by atoms with E-state index in [4.69, 9.17) is 4.74 Å². The number of allylic oxidation sites excluding steroid dienone is 4. The SMILES string of the molecule is C=C(C)[C@H](O)Cc1c(O)cc2c(c1O)C(=O)C[C@@H](c1ccc(O)c(O)c1C/C=C(\C)CCC=C(C)C)O2. The highest BCUT2D eigenvalue weighted by Crippen LogP contribution is 2.46. The summed E-state index contributed by atoms with van der Waals surface area (Å²) in [4.78, 5) is 13.1. The zero-order chi connectivity index (χ0) is 27.4. The zero-order valence-corrected chi connectivity index (χ0v) is 21.8. The van der Waals surface area contributed by atoms with E-state index in [1.807, 2.05) is 26.8 Å². The summed E-state index contributed by atoms with van der Waals surface area (Å²) < 4.78 is 6.05. The minimum atomic E-state index is -0.997. The molecule has 2 atom stereocenters. The summed E-state index contributed by atoms with van der Waals surface area (Å²) in [5, 5.41) is 52.2. The quantitative estimate of drug-likeness (QED) is 0.210. The Morgan fingerprint density at radius 3 is 2.41 bits per heavy atom. The number of rotatable bonds is 9. The van der Waals surface area contributed by atoms with Gasteiger partial charge in [-0.25, -0.2) is 0 Å². The van der Waals surface area contributed by atoms with Crippen molar-refractivity contribution in [3.05, 3.63) is 75.9 Å². The Labute approximate surface area is 217 Å². The largest absolute Gasteiger partial charge is 0.507 e. The molecule has 0 fully saturated rings. The molecule has 0 aliphatic carbocycles. The minimum Gasteiger partial charge on any atom is -0.507 e. The molecule has 1 aliphatic heterocycles. The first-order valence-electron chi connectivity index (χ1n) is 12.3. The lowest BCUT2D eigenvalue weighted by Gasteiger charge is -2.29. The summed E-state index contributed by atoms with van der Waals surface area (Å²) in [5.41, 5.74) is 3.78. The lowest BCUT2D eigenvalue weighted by molar-refractivity contribution is 0.0842. The van der Waals surface area contributed by atoms with E-state index in [0.29, 0.717) is 23.1 Å². The second-order valence-corrected chi connectivity index (χ2v) is 9.97. The van der Waals surface area contributed by atoms with E-state index in [0.717, 1.165) is 18.4 Å². The third-order valence-electron chi connectivity index (χ3n) is 6.62. The first-order chi connectivity index (χ1) is 17.4. The Hall–Kier alpha value is -3.71. The lowest BCUT2D eigenvalue weighted by Crippen LogP contribution is -2.22. The number of phenols is 4. The average Bonchev–Trinajstić information content (AvgIpc) is 2.81.